The summed E-state index contributed by atoms with van der Waals surface area (Å²) in [7, 11) is 3.17. The summed E-state index contributed by atoms with van der Waals surface area (Å²) in [5, 5.41) is 4.50. The molecule has 1 aliphatic heterocycles. The number of carbonyl (C=O) groups excluding carboxylic acids is 1. The smallest absolute Gasteiger partial charge is 0.348 e. The van der Waals surface area contributed by atoms with E-state index in [4.69, 9.17) is 9.47 Å². The second-order valence-electron chi connectivity index (χ2n) is 7.25. The SMILES string of the molecule is COc1ccc(-n2nc(C3CCCN(C(=O)c4cccc(OC)c4)C3)[nH]c2=O)cc1. The first kappa shape index (κ1) is 19.8. The van der Waals surface area contributed by atoms with E-state index in [0.717, 1.165) is 12.8 Å². The van der Waals surface area contributed by atoms with Gasteiger partial charge in [-0.3, -0.25) is 9.78 Å². The van der Waals surface area contributed by atoms with Gasteiger partial charge in [0.1, 0.15) is 17.3 Å². The van der Waals surface area contributed by atoms with Crippen LogP contribution in [0.2, 0.25) is 0 Å². The molecule has 2 heterocycles. The van der Waals surface area contributed by atoms with Crippen LogP contribution in [0.25, 0.3) is 5.69 Å². The fourth-order valence-electron chi connectivity index (χ4n) is 3.75. The summed E-state index contributed by atoms with van der Waals surface area (Å²) in [4.78, 5) is 30.1. The third-order valence-corrected chi connectivity index (χ3v) is 5.36. The first-order chi connectivity index (χ1) is 14.6. The van der Waals surface area contributed by atoms with Gasteiger partial charge in [0.05, 0.1) is 19.9 Å². The van der Waals surface area contributed by atoms with E-state index >= 15 is 0 Å². The fraction of sp³-hybridized carbons (Fsp3) is 0.318. The standard InChI is InChI=1S/C22H24N4O4/c1-29-18-10-8-17(9-11-18)26-22(28)23-20(24-26)16-6-4-12-25(14-16)21(27)15-5-3-7-19(13-15)30-2/h3,5,7-11,13,16H,4,6,12,14H2,1-2H3,(H,23,24,28). The van der Waals surface area contributed by atoms with Gasteiger partial charge in [-0.1, -0.05) is 6.07 Å². The normalized spacial score (nSPS) is 16.3. The van der Waals surface area contributed by atoms with E-state index in [1.165, 1.54) is 4.68 Å². The number of ether oxygens (including phenoxy) is 2. The highest BCUT2D eigenvalue weighted by Crippen LogP contribution is 2.26. The minimum absolute atomic E-state index is 0.0273. The minimum Gasteiger partial charge on any atom is -0.497 e. The van der Waals surface area contributed by atoms with E-state index in [1.54, 1.807) is 50.6 Å². The lowest BCUT2D eigenvalue weighted by molar-refractivity contribution is 0.0704. The topological polar surface area (TPSA) is 89.4 Å². The second kappa shape index (κ2) is 8.44. The third-order valence-electron chi connectivity index (χ3n) is 5.36. The van der Waals surface area contributed by atoms with E-state index in [9.17, 15) is 9.59 Å². The van der Waals surface area contributed by atoms with Crippen molar-refractivity contribution >= 4 is 5.91 Å². The molecule has 0 radical (unpaired) electrons. The van der Waals surface area contributed by atoms with Gasteiger partial charge in [0.25, 0.3) is 5.91 Å². The van der Waals surface area contributed by atoms with Gasteiger partial charge in [0, 0.05) is 24.6 Å². The molecule has 3 aromatic rings. The summed E-state index contributed by atoms with van der Waals surface area (Å²) < 4.78 is 11.7. The van der Waals surface area contributed by atoms with Crippen LogP contribution in [-0.2, 0) is 0 Å². The lowest BCUT2D eigenvalue weighted by Crippen LogP contribution is -2.39. The van der Waals surface area contributed by atoms with Crippen LogP contribution in [0.5, 0.6) is 11.5 Å². The van der Waals surface area contributed by atoms with Gasteiger partial charge in [0.2, 0.25) is 0 Å². The van der Waals surface area contributed by atoms with Gasteiger partial charge in [-0.2, -0.15) is 4.68 Å². The van der Waals surface area contributed by atoms with E-state index < -0.39 is 0 Å². The molecule has 1 unspecified atom stereocenters. The average Bonchev–Trinajstić information content (AvgIpc) is 3.20. The Morgan fingerprint density at radius 1 is 1.10 bits per heavy atom. The van der Waals surface area contributed by atoms with Crippen LogP contribution in [0, 0.1) is 0 Å². The van der Waals surface area contributed by atoms with Crippen LogP contribution in [0.4, 0.5) is 0 Å². The van der Waals surface area contributed by atoms with Crippen molar-refractivity contribution in [3.8, 4) is 17.2 Å². The predicted octanol–water partition coefficient (Wildman–Crippen LogP) is 2.60. The molecule has 1 aromatic heterocycles. The summed E-state index contributed by atoms with van der Waals surface area (Å²) in [6, 6.07) is 14.3. The lowest BCUT2D eigenvalue weighted by atomic mass is 9.96. The maximum atomic E-state index is 13.0. The fourth-order valence-corrected chi connectivity index (χ4v) is 3.75. The number of H-pyrrole nitrogens is 1. The molecule has 1 fully saturated rings. The van der Waals surface area contributed by atoms with Crippen LogP contribution in [0.3, 0.4) is 0 Å². The maximum absolute atomic E-state index is 13.0. The van der Waals surface area contributed by atoms with Crippen LogP contribution < -0.4 is 15.2 Å². The van der Waals surface area contributed by atoms with Crippen molar-refractivity contribution in [2.75, 3.05) is 27.3 Å². The number of carbonyl (C=O) groups is 1. The summed E-state index contributed by atoms with van der Waals surface area (Å²) >= 11 is 0. The van der Waals surface area contributed by atoms with Crippen molar-refractivity contribution in [3.63, 3.8) is 0 Å². The molecule has 1 aliphatic rings. The molecular weight excluding hydrogens is 384 g/mol. The summed E-state index contributed by atoms with van der Waals surface area (Å²) in [5.74, 6) is 1.88. The summed E-state index contributed by atoms with van der Waals surface area (Å²) in [5.41, 5.74) is 0.946. The Morgan fingerprint density at radius 2 is 1.87 bits per heavy atom. The second-order valence-corrected chi connectivity index (χ2v) is 7.25. The van der Waals surface area contributed by atoms with E-state index in [2.05, 4.69) is 10.1 Å². The zero-order chi connectivity index (χ0) is 21.1. The summed E-state index contributed by atoms with van der Waals surface area (Å²) in [6.45, 7) is 1.18. The van der Waals surface area contributed by atoms with Gasteiger partial charge in [-0.05, 0) is 55.3 Å². The molecule has 0 bridgehead atoms. The van der Waals surface area contributed by atoms with Gasteiger partial charge in [-0.25, -0.2) is 4.79 Å². The molecule has 0 spiro atoms. The first-order valence-electron chi connectivity index (χ1n) is 9.86. The molecule has 0 saturated carbocycles. The molecule has 8 heteroatoms. The van der Waals surface area contributed by atoms with Crippen LogP contribution in [-0.4, -0.2) is 52.9 Å². The van der Waals surface area contributed by atoms with Crippen molar-refractivity contribution in [2.24, 2.45) is 0 Å². The number of piperidine rings is 1. The number of benzene rings is 2. The Hall–Kier alpha value is -3.55. The number of methoxy groups -OCH3 is 2. The number of rotatable bonds is 5. The molecule has 1 saturated heterocycles. The van der Waals surface area contributed by atoms with Crippen LogP contribution in [0.15, 0.2) is 53.3 Å². The van der Waals surface area contributed by atoms with Gasteiger partial charge < -0.3 is 14.4 Å². The third kappa shape index (κ3) is 3.94. The van der Waals surface area contributed by atoms with Gasteiger partial charge in [-0.15, -0.1) is 5.10 Å². The number of likely N-dealkylation sites (tertiary alicyclic amines) is 1. The Morgan fingerprint density at radius 3 is 2.60 bits per heavy atom. The van der Waals surface area contributed by atoms with E-state index in [-0.39, 0.29) is 17.5 Å². The minimum atomic E-state index is -0.300. The zero-order valence-corrected chi connectivity index (χ0v) is 17.0. The Kier molecular flexibility index (Phi) is 5.56. The van der Waals surface area contributed by atoms with E-state index in [0.29, 0.717) is 41.7 Å². The molecule has 1 N–H and O–H groups in total. The molecular formula is C22H24N4O4. The Balaban J connectivity index is 1.53. The molecule has 4 rings (SSSR count). The number of nitrogens with one attached hydrogen (secondary N) is 1. The first-order valence-corrected chi connectivity index (χ1v) is 9.86. The molecule has 0 aliphatic carbocycles. The van der Waals surface area contributed by atoms with Crippen LogP contribution >= 0.6 is 0 Å². The Labute approximate surface area is 174 Å². The van der Waals surface area contributed by atoms with Crippen molar-refractivity contribution in [3.05, 3.63) is 70.4 Å². The van der Waals surface area contributed by atoms with Crippen molar-refractivity contribution in [2.45, 2.75) is 18.8 Å². The monoisotopic (exact) mass is 408 g/mol. The zero-order valence-electron chi connectivity index (χ0n) is 17.0. The number of amides is 1. The molecule has 1 amide bonds. The van der Waals surface area contributed by atoms with Crippen molar-refractivity contribution in [1.29, 1.82) is 0 Å². The highest BCUT2D eigenvalue weighted by Gasteiger charge is 2.28. The molecule has 156 valence electrons. The number of aromatic amines is 1. The van der Waals surface area contributed by atoms with Crippen molar-refractivity contribution < 1.29 is 14.3 Å². The molecule has 2 aromatic carbocycles. The lowest BCUT2D eigenvalue weighted by Gasteiger charge is -2.31. The number of aromatic nitrogens is 3. The molecule has 30 heavy (non-hydrogen) atoms. The van der Waals surface area contributed by atoms with Gasteiger partial charge >= 0.3 is 5.69 Å². The largest absolute Gasteiger partial charge is 0.497 e. The Bertz CT molecular complexity index is 1090. The van der Waals surface area contributed by atoms with Crippen LogP contribution in [0.1, 0.15) is 34.9 Å². The number of nitrogens with zero attached hydrogens (tertiary/aromatic N) is 3. The average molecular weight is 408 g/mol. The van der Waals surface area contributed by atoms with Gasteiger partial charge in [0.15, 0.2) is 0 Å². The molecule has 1 atom stereocenters. The molecule has 8 nitrogen and oxygen atoms in total. The number of hydrogen-bond donors (Lipinski definition) is 1. The highest BCUT2D eigenvalue weighted by atomic mass is 16.5. The maximum Gasteiger partial charge on any atom is 0.348 e. The highest BCUT2D eigenvalue weighted by molar-refractivity contribution is 5.94. The van der Waals surface area contributed by atoms with E-state index in [1.807, 2.05) is 17.0 Å². The predicted molar refractivity (Wildman–Crippen MR) is 112 cm³/mol. The quantitative estimate of drug-likeness (QED) is 0.701. The summed E-state index contributed by atoms with van der Waals surface area (Å²) in [6.07, 6.45) is 1.70. The number of hydrogen-bond acceptors (Lipinski definition) is 5. The van der Waals surface area contributed by atoms with Crippen molar-refractivity contribution in [1.82, 2.24) is 19.7 Å².